The normalized spacial score (nSPS) is 16.2. The first kappa shape index (κ1) is 26.7. The molecule has 0 unspecified atom stereocenters. The van der Waals surface area contributed by atoms with Crippen molar-refractivity contribution in [3.63, 3.8) is 0 Å². The van der Waals surface area contributed by atoms with E-state index in [1.54, 1.807) is 36.4 Å². The number of allylic oxidation sites excluding steroid dienone is 8. The van der Waals surface area contributed by atoms with E-state index in [1.807, 2.05) is 13.8 Å². The average molecular weight is 582 g/mol. The van der Waals surface area contributed by atoms with Gasteiger partial charge in [-0.2, -0.15) is 0 Å². The van der Waals surface area contributed by atoms with Gasteiger partial charge in [0.1, 0.15) is 0 Å². The second-order valence-electron chi connectivity index (χ2n) is 9.64. The summed E-state index contributed by atoms with van der Waals surface area (Å²) in [4.78, 5) is 23.0. The van der Waals surface area contributed by atoms with Crippen LogP contribution in [0, 0.1) is 20.2 Å². The van der Waals surface area contributed by atoms with Crippen molar-refractivity contribution in [3.05, 3.63) is 109 Å². The molecule has 0 saturated carbocycles. The molecule has 2 aromatic rings. The summed E-state index contributed by atoms with van der Waals surface area (Å²) in [5.74, 6) is 0.235. The van der Waals surface area contributed by atoms with Crippen LogP contribution in [0.4, 0.5) is 11.4 Å². The molecule has 4 rings (SSSR count). The summed E-state index contributed by atoms with van der Waals surface area (Å²) in [5.41, 5.74) is 6.35. The molecule has 2 aromatic carbocycles. The monoisotopic (exact) mass is 580 g/mol. The summed E-state index contributed by atoms with van der Waals surface area (Å²) in [5, 5.41) is 23.9. The number of hydrogen-bond donors (Lipinski definition) is 0. The van der Waals surface area contributed by atoms with Gasteiger partial charge in [0.2, 0.25) is 0 Å². The van der Waals surface area contributed by atoms with Gasteiger partial charge >= 0.3 is 223 Å². The van der Waals surface area contributed by atoms with E-state index in [0.29, 0.717) is 12.8 Å². The first-order chi connectivity index (χ1) is 17.5. The molecular weight excluding hydrogens is 552 g/mol. The Bertz CT molecular complexity index is 1340. The summed E-state index contributed by atoms with van der Waals surface area (Å²) in [6, 6.07) is 12.6. The Morgan fingerprint density at radius 3 is 1.27 bits per heavy atom. The van der Waals surface area contributed by atoms with Gasteiger partial charge in [-0.25, -0.2) is 0 Å². The Morgan fingerprint density at radius 1 is 0.622 bits per heavy atom. The summed E-state index contributed by atoms with van der Waals surface area (Å²) >= 11 is -4.89. The molecule has 0 spiro atoms. The zero-order chi connectivity index (χ0) is 27.1. The van der Waals surface area contributed by atoms with Crippen molar-refractivity contribution in [2.75, 3.05) is 0 Å². The van der Waals surface area contributed by atoms with Gasteiger partial charge in [0.25, 0.3) is 0 Å². The van der Waals surface area contributed by atoms with Gasteiger partial charge in [-0.1, -0.05) is 0 Å². The van der Waals surface area contributed by atoms with E-state index >= 15 is 0 Å². The molecule has 0 radical (unpaired) electrons. The van der Waals surface area contributed by atoms with Gasteiger partial charge in [0.15, 0.2) is 0 Å². The fourth-order valence-electron chi connectivity index (χ4n) is 5.03. The molecule has 8 nitrogen and oxygen atoms in total. The quantitative estimate of drug-likeness (QED) is 0.231. The van der Waals surface area contributed by atoms with Crippen LogP contribution >= 0.6 is 0 Å². The molecule has 0 aliphatic heterocycles. The third-order valence-corrected chi connectivity index (χ3v) is 16.7. The molecule has 0 amide bonds. The maximum atomic E-state index is 12.0. The van der Waals surface area contributed by atoms with Crippen LogP contribution in [0.5, 0.6) is 11.5 Å². The van der Waals surface area contributed by atoms with E-state index in [-0.39, 0.29) is 22.9 Å². The van der Waals surface area contributed by atoms with E-state index in [9.17, 15) is 20.2 Å². The summed E-state index contributed by atoms with van der Waals surface area (Å²) in [6.07, 6.45) is 1.20. The molecule has 2 aliphatic rings. The third-order valence-electron chi connectivity index (χ3n) is 7.62. The van der Waals surface area contributed by atoms with Crippen molar-refractivity contribution in [1.29, 1.82) is 0 Å². The Morgan fingerprint density at radius 2 is 0.973 bits per heavy atom. The maximum absolute atomic E-state index is 12.0. The Balaban J connectivity index is 2.05. The van der Waals surface area contributed by atoms with Crippen molar-refractivity contribution in [1.82, 2.24) is 0 Å². The molecule has 0 saturated heterocycles. The Labute approximate surface area is 221 Å². The van der Waals surface area contributed by atoms with Crippen LogP contribution in [0.15, 0.2) is 88.5 Å². The minimum absolute atomic E-state index is 0.117. The van der Waals surface area contributed by atoms with Gasteiger partial charge in [-0.3, -0.25) is 0 Å². The zero-order valence-corrected chi connectivity index (χ0v) is 24.3. The fourth-order valence-corrected chi connectivity index (χ4v) is 15.4. The molecule has 0 N–H and O–H groups in total. The summed E-state index contributed by atoms with van der Waals surface area (Å²) < 4.78 is 15.7. The molecule has 0 atom stereocenters. The van der Waals surface area contributed by atoms with Gasteiger partial charge in [-0.05, 0) is 0 Å². The predicted molar refractivity (Wildman–Crippen MR) is 139 cm³/mol. The van der Waals surface area contributed by atoms with Crippen LogP contribution in [0.25, 0.3) is 0 Å². The second kappa shape index (κ2) is 10.2. The SMILES string of the molecule is CC1=C(C)C(C)=[C]([Zr]([O]c2ccccc2[N+](=O)[O-])([O]c2ccccc2[N+](=O)[O-])[C]2=C(C)C(C)=C(C)C2)C1. The van der Waals surface area contributed by atoms with Crippen LogP contribution in [0.1, 0.15) is 54.4 Å². The van der Waals surface area contributed by atoms with Crippen LogP contribution in [0.2, 0.25) is 0 Å². The van der Waals surface area contributed by atoms with Gasteiger partial charge in [0.05, 0.1) is 0 Å². The van der Waals surface area contributed by atoms with E-state index in [4.69, 9.17) is 5.63 Å². The topological polar surface area (TPSA) is 105 Å². The van der Waals surface area contributed by atoms with Gasteiger partial charge in [-0.15, -0.1) is 0 Å². The number of nitro groups is 2. The van der Waals surface area contributed by atoms with Gasteiger partial charge in [0, 0.05) is 0 Å². The van der Waals surface area contributed by atoms with E-state index in [0.717, 1.165) is 28.9 Å². The van der Waals surface area contributed by atoms with E-state index < -0.39 is 31.0 Å². The molecule has 9 heteroatoms. The first-order valence-corrected chi connectivity index (χ1v) is 16.5. The molecule has 37 heavy (non-hydrogen) atoms. The van der Waals surface area contributed by atoms with Crippen molar-refractivity contribution in [2.24, 2.45) is 0 Å². The van der Waals surface area contributed by atoms with Crippen molar-refractivity contribution >= 4 is 11.4 Å². The Hall–Kier alpha value is -3.32. The molecule has 0 aromatic heterocycles. The molecular formula is C28H30N2O6Zr. The average Bonchev–Trinajstić information content (AvgIpc) is 3.28. The summed E-state index contributed by atoms with van der Waals surface area (Å²) in [7, 11) is 0. The van der Waals surface area contributed by atoms with Crippen LogP contribution in [-0.4, -0.2) is 9.85 Å². The third kappa shape index (κ3) is 4.73. The van der Waals surface area contributed by atoms with Crippen molar-refractivity contribution in [3.8, 4) is 11.5 Å². The second-order valence-corrected chi connectivity index (χ2v) is 16.6. The first-order valence-electron chi connectivity index (χ1n) is 12.1. The van der Waals surface area contributed by atoms with Crippen molar-refractivity contribution in [2.45, 2.75) is 54.4 Å². The van der Waals surface area contributed by atoms with E-state index in [2.05, 4.69) is 27.7 Å². The number of rotatable bonds is 8. The van der Waals surface area contributed by atoms with Crippen LogP contribution < -0.4 is 5.63 Å². The predicted octanol–water partition coefficient (Wildman–Crippen LogP) is 7.97. The number of nitro benzene ring substituents is 2. The number of benzene rings is 2. The Kier molecular flexibility index (Phi) is 7.38. The number of nitrogens with zero attached hydrogens (tertiary/aromatic N) is 2. The number of hydrogen-bond acceptors (Lipinski definition) is 6. The summed E-state index contributed by atoms with van der Waals surface area (Å²) in [6.45, 7) is 12.3. The molecule has 0 bridgehead atoms. The molecule has 192 valence electrons. The minimum atomic E-state index is -4.89. The van der Waals surface area contributed by atoms with Crippen molar-refractivity contribution < 1.29 is 36.6 Å². The fraction of sp³-hybridized carbons (Fsp3) is 0.286. The molecule has 0 fully saturated rings. The molecule has 2 aliphatic carbocycles. The zero-order valence-electron chi connectivity index (χ0n) is 21.9. The molecule has 0 heterocycles. The number of para-hydroxylation sites is 4. The standard InChI is InChI=1S/2C8H11.2C6H5NO3.Zr/c2*1-6-4-5-7(2)8(6)3;2*8-6-4-2-1-3-5(6)7(9)10;/h2*4H2,1-3H3;2*1-4,8H;/q;;;;+2/p-2. The van der Waals surface area contributed by atoms with Crippen LogP contribution in [-0.2, 0) is 21.1 Å². The van der Waals surface area contributed by atoms with Crippen LogP contribution in [0.3, 0.4) is 0 Å². The van der Waals surface area contributed by atoms with Gasteiger partial charge < -0.3 is 0 Å². The van der Waals surface area contributed by atoms with E-state index in [1.165, 1.54) is 23.3 Å².